The molecule has 0 spiro atoms. The van der Waals surface area contributed by atoms with Gasteiger partial charge >= 0.3 is 6.09 Å². The highest BCUT2D eigenvalue weighted by atomic mass is 32.2. The minimum absolute atomic E-state index is 0.00713. The average molecular weight is 895 g/mol. The van der Waals surface area contributed by atoms with Crippen LogP contribution in [-0.2, 0) is 29.8 Å². The van der Waals surface area contributed by atoms with Crippen LogP contribution >= 0.6 is 11.8 Å². The van der Waals surface area contributed by atoms with Crippen molar-refractivity contribution >= 4 is 56.9 Å². The first-order chi connectivity index (χ1) is 29.0. The SMILES string of the molecule is CCCCCCCCCCCCCCCCCCN1C(C(C(=O)Nc2cc(C(C)(C)C)ccc2SC(C)(C)CC(C)(C)C)N2C(=O)OC(C)(C)C2=O)=Nc2ccccc2S1(=O)=O. The van der Waals surface area contributed by atoms with Gasteiger partial charge in [-0.1, -0.05) is 177 Å². The largest absolute Gasteiger partial charge is 0.433 e. The van der Waals surface area contributed by atoms with E-state index in [1.165, 1.54) is 90.5 Å². The molecule has 1 unspecified atom stereocenters. The molecule has 0 aliphatic carbocycles. The molecule has 0 aromatic heterocycles. The monoisotopic (exact) mass is 895 g/mol. The summed E-state index contributed by atoms with van der Waals surface area (Å²) >= 11 is 1.64. The quantitative estimate of drug-likeness (QED) is 0.0821. The molecule has 0 saturated carbocycles. The lowest BCUT2D eigenvalue weighted by Crippen LogP contribution is -2.59. The molecule has 2 aromatic carbocycles. The summed E-state index contributed by atoms with van der Waals surface area (Å²) in [6.07, 6.45) is 18.7. The van der Waals surface area contributed by atoms with Crippen LogP contribution < -0.4 is 5.32 Å². The van der Waals surface area contributed by atoms with Crippen molar-refractivity contribution < 1.29 is 27.5 Å². The third-order valence-electron chi connectivity index (χ3n) is 11.6. The van der Waals surface area contributed by atoms with Crippen molar-refractivity contribution in [2.24, 2.45) is 10.4 Å². The zero-order valence-corrected chi connectivity index (χ0v) is 41.6. The van der Waals surface area contributed by atoms with Crippen molar-refractivity contribution in [1.29, 1.82) is 0 Å². The second kappa shape index (κ2) is 22.0. The summed E-state index contributed by atoms with van der Waals surface area (Å²) in [5.74, 6) is -1.73. The fourth-order valence-corrected chi connectivity index (χ4v) is 11.8. The van der Waals surface area contributed by atoms with Gasteiger partial charge in [-0.3, -0.25) is 13.9 Å². The lowest BCUT2D eigenvalue weighted by Gasteiger charge is -2.36. The molecule has 1 atom stereocenters. The number of anilines is 1. The Hall–Kier alpha value is -3.38. The standard InChI is InChI=1S/C50H78N4O6S2/c1-12-13-14-15-16-17-18-19-20-21-22-23-24-25-26-29-34-53-43(51-38-30-27-28-31-41(38)62(53,58)59)42(54-45(56)50(10,11)60-46(54)57)44(55)52-39-35-37(48(5,6)7)32-33-40(39)61-49(8,9)36-47(2,3)4/h27-28,30-33,35,42H,12-26,29,34,36H2,1-11H3,(H,52,55). The van der Waals surface area contributed by atoms with E-state index in [1.54, 1.807) is 30.0 Å². The number of amides is 3. The van der Waals surface area contributed by atoms with Gasteiger partial charge in [-0.25, -0.2) is 23.1 Å². The van der Waals surface area contributed by atoms with Crippen LogP contribution in [0, 0.1) is 5.41 Å². The smallest absolute Gasteiger partial charge is 0.418 e. The Morgan fingerprint density at radius 3 is 1.82 bits per heavy atom. The first-order valence-corrected chi connectivity index (χ1v) is 25.7. The first-order valence-electron chi connectivity index (χ1n) is 23.4. The number of nitrogens with zero attached hydrogens (tertiary/aromatic N) is 3. The zero-order valence-electron chi connectivity index (χ0n) is 40.0. The van der Waals surface area contributed by atoms with Crippen LogP contribution in [0.5, 0.6) is 0 Å². The van der Waals surface area contributed by atoms with Gasteiger partial charge < -0.3 is 10.1 Å². The Bertz CT molecular complexity index is 1980. The number of sulfonamides is 1. The Balaban J connectivity index is 1.59. The number of fused-ring (bicyclic) bond motifs is 1. The number of hydrogen-bond donors (Lipinski definition) is 1. The highest BCUT2D eigenvalue weighted by molar-refractivity contribution is 8.00. The van der Waals surface area contributed by atoms with Gasteiger partial charge in [0.05, 0.1) is 11.4 Å². The van der Waals surface area contributed by atoms with E-state index in [-0.39, 0.29) is 38.5 Å². The van der Waals surface area contributed by atoms with Crippen molar-refractivity contribution in [3.63, 3.8) is 0 Å². The number of amidine groups is 1. The predicted molar refractivity (Wildman–Crippen MR) is 256 cm³/mol. The molecule has 10 nitrogen and oxygen atoms in total. The van der Waals surface area contributed by atoms with Gasteiger partial charge in [0, 0.05) is 16.2 Å². The number of carbonyl (C=O) groups excluding carboxylic acids is 3. The number of rotatable bonds is 24. The lowest BCUT2D eigenvalue weighted by molar-refractivity contribution is -0.137. The number of unbranched alkanes of at least 4 members (excludes halogenated alkanes) is 15. The van der Waals surface area contributed by atoms with Crippen LogP contribution in [0.3, 0.4) is 0 Å². The van der Waals surface area contributed by atoms with Gasteiger partial charge in [0.2, 0.25) is 0 Å². The molecule has 3 amide bonds. The van der Waals surface area contributed by atoms with E-state index in [4.69, 9.17) is 9.73 Å². The summed E-state index contributed by atoms with van der Waals surface area (Å²) in [6.45, 7) is 22.4. The summed E-state index contributed by atoms with van der Waals surface area (Å²) in [5.41, 5.74) is -0.199. The minimum Gasteiger partial charge on any atom is -0.433 e. The summed E-state index contributed by atoms with van der Waals surface area (Å²) in [7, 11) is -4.24. The second-order valence-electron chi connectivity index (χ2n) is 20.8. The molecule has 2 aliphatic heterocycles. The molecule has 12 heteroatoms. The average Bonchev–Trinajstić information content (AvgIpc) is 3.36. The molecule has 0 radical (unpaired) electrons. The predicted octanol–water partition coefficient (Wildman–Crippen LogP) is 13.4. The minimum atomic E-state index is -4.24. The fourth-order valence-electron chi connectivity index (χ4n) is 8.68. The Morgan fingerprint density at radius 2 is 1.32 bits per heavy atom. The topological polar surface area (TPSA) is 125 Å². The van der Waals surface area contributed by atoms with Gasteiger partial charge in [0.25, 0.3) is 21.8 Å². The maximum atomic E-state index is 15.1. The molecule has 2 heterocycles. The molecular weight excluding hydrogens is 817 g/mol. The van der Waals surface area contributed by atoms with E-state index in [9.17, 15) is 18.0 Å². The molecule has 346 valence electrons. The van der Waals surface area contributed by atoms with Crippen LogP contribution in [-0.4, -0.2) is 64.3 Å². The van der Waals surface area contributed by atoms with E-state index in [0.29, 0.717) is 12.1 Å². The highest BCUT2D eigenvalue weighted by Gasteiger charge is 2.55. The number of cyclic esters (lactones) is 1. The van der Waals surface area contributed by atoms with Crippen LogP contribution in [0.25, 0.3) is 0 Å². The van der Waals surface area contributed by atoms with Crippen molar-refractivity contribution in [2.75, 3.05) is 11.9 Å². The number of imide groups is 1. The van der Waals surface area contributed by atoms with Gasteiger partial charge in [-0.15, -0.1) is 11.8 Å². The third kappa shape index (κ3) is 14.3. The van der Waals surface area contributed by atoms with Crippen molar-refractivity contribution in [3.8, 4) is 0 Å². The number of carbonyl (C=O) groups is 3. The first kappa shape index (κ1) is 51.3. The number of para-hydroxylation sites is 1. The van der Waals surface area contributed by atoms with Crippen LogP contribution in [0.15, 0.2) is 57.2 Å². The zero-order chi connectivity index (χ0) is 45.9. The van der Waals surface area contributed by atoms with Gasteiger partial charge in [0.1, 0.15) is 4.90 Å². The summed E-state index contributed by atoms with van der Waals surface area (Å²) < 4.78 is 35.6. The van der Waals surface area contributed by atoms with Crippen LogP contribution in [0.4, 0.5) is 16.2 Å². The molecule has 4 rings (SSSR count). The number of ether oxygens (including phenoxy) is 1. The molecule has 0 bridgehead atoms. The van der Waals surface area contributed by atoms with E-state index >= 15 is 4.79 Å². The van der Waals surface area contributed by atoms with Crippen molar-refractivity contribution in [1.82, 2.24) is 9.21 Å². The van der Waals surface area contributed by atoms with E-state index in [2.05, 4.69) is 73.7 Å². The normalized spacial score (nSPS) is 16.9. The molecule has 1 N–H and O–H groups in total. The third-order valence-corrected chi connectivity index (χ3v) is 14.7. The van der Waals surface area contributed by atoms with E-state index < -0.39 is 39.6 Å². The van der Waals surface area contributed by atoms with Crippen molar-refractivity contribution in [2.45, 2.75) is 217 Å². The van der Waals surface area contributed by atoms with Gasteiger partial charge in [-0.2, -0.15) is 0 Å². The van der Waals surface area contributed by atoms with Gasteiger partial charge in [0.15, 0.2) is 17.5 Å². The fraction of sp³-hybridized carbons (Fsp3) is 0.680. The Labute approximate surface area is 379 Å². The number of nitrogens with one attached hydrogen (secondary N) is 1. The molecule has 1 saturated heterocycles. The molecule has 2 aliphatic rings. The molecule has 2 aromatic rings. The summed E-state index contributed by atoms with van der Waals surface area (Å²) in [5, 5.41) is 3.08. The van der Waals surface area contributed by atoms with E-state index in [0.717, 1.165) is 51.8 Å². The maximum absolute atomic E-state index is 15.1. The van der Waals surface area contributed by atoms with Crippen LogP contribution in [0.2, 0.25) is 0 Å². The van der Waals surface area contributed by atoms with Gasteiger partial charge in [-0.05, 0) is 67.3 Å². The summed E-state index contributed by atoms with van der Waals surface area (Å²) in [4.78, 5) is 49.2. The lowest BCUT2D eigenvalue weighted by atomic mass is 9.86. The maximum Gasteiger partial charge on any atom is 0.418 e. The molecular formula is C50H78N4O6S2. The number of hydrogen-bond acceptors (Lipinski definition) is 8. The Kier molecular flexibility index (Phi) is 18.2. The van der Waals surface area contributed by atoms with Crippen LogP contribution in [0.1, 0.15) is 191 Å². The number of thioether (sulfide) groups is 1. The molecule has 62 heavy (non-hydrogen) atoms. The second-order valence-corrected chi connectivity index (χ2v) is 24.4. The molecule has 1 fully saturated rings. The summed E-state index contributed by atoms with van der Waals surface area (Å²) in [6, 6.07) is 10.6. The number of benzene rings is 2. The van der Waals surface area contributed by atoms with Crippen molar-refractivity contribution in [3.05, 3.63) is 48.0 Å². The van der Waals surface area contributed by atoms with E-state index in [1.807, 2.05) is 12.1 Å². The highest BCUT2D eigenvalue weighted by Crippen LogP contribution is 2.45. The Morgan fingerprint density at radius 1 is 0.790 bits per heavy atom. The number of aliphatic imine (C=N–C) groups is 1.